The van der Waals surface area contributed by atoms with E-state index in [9.17, 15) is 4.79 Å². The highest BCUT2D eigenvalue weighted by molar-refractivity contribution is 7.16. The van der Waals surface area contributed by atoms with Crippen LogP contribution in [0.15, 0.2) is 46.7 Å². The lowest BCUT2D eigenvalue weighted by Gasteiger charge is -2.03. The SMILES string of the molecule is C/C(=C/c1cn(-c2ccccc2C)nn1)c1nc2sccc2c(=O)[nH]1. The molecule has 0 bridgehead atoms. The molecule has 0 spiro atoms. The number of aryl methyl sites for hydroxylation is 1. The lowest BCUT2D eigenvalue weighted by molar-refractivity contribution is 0.798. The van der Waals surface area contributed by atoms with Crippen molar-refractivity contribution in [2.45, 2.75) is 13.8 Å². The zero-order valence-corrected chi connectivity index (χ0v) is 14.5. The summed E-state index contributed by atoms with van der Waals surface area (Å²) < 4.78 is 1.74. The zero-order valence-electron chi connectivity index (χ0n) is 13.7. The average Bonchev–Trinajstić information content (AvgIpc) is 3.24. The number of benzene rings is 1. The molecule has 3 aromatic heterocycles. The van der Waals surface area contributed by atoms with Crippen LogP contribution in [-0.4, -0.2) is 25.0 Å². The largest absolute Gasteiger partial charge is 0.306 e. The molecule has 0 aliphatic carbocycles. The van der Waals surface area contributed by atoms with Gasteiger partial charge in [-0.15, -0.1) is 16.4 Å². The van der Waals surface area contributed by atoms with Gasteiger partial charge >= 0.3 is 0 Å². The van der Waals surface area contributed by atoms with Gasteiger partial charge in [-0.3, -0.25) is 4.79 Å². The highest BCUT2D eigenvalue weighted by Gasteiger charge is 2.08. The second-order valence-corrected chi connectivity index (χ2v) is 6.65. The van der Waals surface area contributed by atoms with Crippen molar-refractivity contribution in [3.8, 4) is 5.69 Å². The van der Waals surface area contributed by atoms with Gasteiger partial charge in [-0.2, -0.15) is 0 Å². The summed E-state index contributed by atoms with van der Waals surface area (Å²) in [6.45, 7) is 3.92. The molecule has 1 aromatic carbocycles. The summed E-state index contributed by atoms with van der Waals surface area (Å²) in [5, 5.41) is 10.9. The Bertz CT molecular complexity index is 1150. The number of allylic oxidation sites excluding steroid dienone is 1. The number of hydrogen-bond donors (Lipinski definition) is 1. The van der Waals surface area contributed by atoms with Gasteiger partial charge in [0.05, 0.1) is 17.3 Å². The Hall–Kier alpha value is -3.06. The molecule has 124 valence electrons. The maximum absolute atomic E-state index is 12.1. The Morgan fingerprint density at radius 1 is 1.28 bits per heavy atom. The van der Waals surface area contributed by atoms with Crippen LogP contribution in [0.25, 0.3) is 27.6 Å². The molecular weight excluding hydrogens is 334 g/mol. The summed E-state index contributed by atoms with van der Waals surface area (Å²) in [6, 6.07) is 9.76. The number of fused-ring (bicyclic) bond motifs is 1. The number of H-pyrrole nitrogens is 1. The van der Waals surface area contributed by atoms with Gasteiger partial charge in [0, 0.05) is 0 Å². The van der Waals surface area contributed by atoms with Gasteiger partial charge in [0.1, 0.15) is 16.3 Å². The molecule has 7 heteroatoms. The summed E-state index contributed by atoms with van der Waals surface area (Å²) in [5.41, 5.74) is 3.50. The molecule has 0 saturated carbocycles. The van der Waals surface area contributed by atoms with Crippen LogP contribution < -0.4 is 5.56 Å². The van der Waals surface area contributed by atoms with Gasteiger partial charge in [0.15, 0.2) is 0 Å². The molecule has 0 amide bonds. The van der Waals surface area contributed by atoms with Crippen molar-refractivity contribution < 1.29 is 0 Å². The number of aromatic amines is 1. The van der Waals surface area contributed by atoms with E-state index in [-0.39, 0.29) is 5.56 Å². The van der Waals surface area contributed by atoms with E-state index in [0.29, 0.717) is 16.9 Å². The Kier molecular flexibility index (Phi) is 3.77. The monoisotopic (exact) mass is 349 g/mol. The second-order valence-electron chi connectivity index (χ2n) is 5.76. The van der Waals surface area contributed by atoms with Crippen LogP contribution in [0.5, 0.6) is 0 Å². The summed E-state index contributed by atoms with van der Waals surface area (Å²) in [5.74, 6) is 0.547. The quantitative estimate of drug-likeness (QED) is 0.615. The molecule has 6 nitrogen and oxygen atoms in total. The summed E-state index contributed by atoms with van der Waals surface area (Å²) >= 11 is 1.45. The lowest BCUT2D eigenvalue weighted by Crippen LogP contribution is -2.09. The third kappa shape index (κ3) is 2.89. The molecule has 0 saturated heterocycles. The van der Waals surface area contributed by atoms with E-state index < -0.39 is 0 Å². The van der Waals surface area contributed by atoms with Gasteiger partial charge < -0.3 is 4.98 Å². The van der Waals surface area contributed by atoms with Crippen LogP contribution in [-0.2, 0) is 0 Å². The van der Waals surface area contributed by atoms with E-state index in [1.54, 1.807) is 10.7 Å². The number of nitrogens with one attached hydrogen (secondary N) is 1. The van der Waals surface area contributed by atoms with Crippen molar-refractivity contribution >= 4 is 33.2 Å². The van der Waals surface area contributed by atoms with Crippen molar-refractivity contribution in [1.29, 1.82) is 0 Å². The molecule has 4 rings (SSSR count). The van der Waals surface area contributed by atoms with Gasteiger partial charge in [0.2, 0.25) is 0 Å². The van der Waals surface area contributed by atoms with Crippen molar-refractivity contribution in [2.75, 3.05) is 0 Å². The van der Waals surface area contributed by atoms with E-state index in [1.807, 2.05) is 55.8 Å². The van der Waals surface area contributed by atoms with Crippen LogP contribution in [0.4, 0.5) is 0 Å². The number of para-hydroxylation sites is 1. The standard InChI is InChI=1S/C18H15N5OS/c1-11-5-3-4-6-15(11)23-10-13(21-22-23)9-12(2)16-19-17(24)14-7-8-25-18(14)20-16/h3-10H,1-2H3,(H,19,20,24)/b12-9-. The fraction of sp³-hybridized carbons (Fsp3) is 0.111. The van der Waals surface area contributed by atoms with Gasteiger partial charge in [0.25, 0.3) is 5.56 Å². The summed E-state index contributed by atoms with van der Waals surface area (Å²) in [7, 11) is 0. The maximum Gasteiger partial charge on any atom is 0.259 e. The van der Waals surface area contributed by atoms with Crippen LogP contribution >= 0.6 is 11.3 Å². The number of aromatic nitrogens is 5. The minimum absolute atomic E-state index is 0.127. The van der Waals surface area contributed by atoms with Gasteiger partial charge in [-0.25, -0.2) is 9.67 Å². The molecule has 0 aliphatic rings. The fourth-order valence-corrected chi connectivity index (χ4v) is 3.39. The normalized spacial score (nSPS) is 12.0. The smallest absolute Gasteiger partial charge is 0.259 e. The first-order valence-electron chi connectivity index (χ1n) is 7.76. The van der Waals surface area contributed by atoms with Crippen LogP contribution in [0, 0.1) is 6.92 Å². The molecule has 0 fully saturated rings. The Morgan fingerprint density at radius 2 is 2.12 bits per heavy atom. The number of thiophene rings is 1. The Morgan fingerprint density at radius 3 is 2.96 bits per heavy atom. The number of hydrogen-bond acceptors (Lipinski definition) is 5. The first kappa shape index (κ1) is 15.5. The van der Waals surface area contributed by atoms with E-state index in [2.05, 4.69) is 20.3 Å². The van der Waals surface area contributed by atoms with Crippen LogP contribution in [0.3, 0.4) is 0 Å². The fourth-order valence-electron chi connectivity index (χ4n) is 2.62. The summed E-state index contributed by atoms with van der Waals surface area (Å²) in [6.07, 6.45) is 3.72. The van der Waals surface area contributed by atoms with Crippen LogP contribution in [0.1, 0.15) is 24.0 Å². The molecule has 25 heavy (non-hydrogen) atoms. The Labute approximate surface area is 147 Å². The zero-order chi connectivity index (χ0) is 17.4. The number of nitrogens with zero attached hydrogens (tertiary/aromatic N) is 4. The third-order valence-electron chi connectivity index (χ3n) is 3.95. The van der Waals surface area contributed by atoms with Crippen molar-refractivity contribution in [3.05, 3.63) is 69.3 Å². The molecule has 0 unspecified atom stereocenters. The first-order chi connectivity index (χ1) is 12.1. The second kappa shape index (κ2) is 6.10. The molecule has 0 aliphatic heterocycles. The van der Waals surface area contributed by atoms with Crippen molar-refractivity contribution in [2.24, 2.45) is 0 Å². The minimum Gasteiger partial charge on any atom is -0.306 e. The predicted molar refractivity (Wildman–Crippen MR) is 99.9 cm³/mol. The minimum atomic E-state index is -0.127. The first-order valence-corrected chi connectivity index (χ1v) is 8.64. The molecule has 4 aromatic rings. The topological polar surface area (TPSA) is 76.5 Å². The number of rotatable bonds is 3. The van der Waals surface area contributed by atoms with E-state index >= 15 is 0 Å². The molecule has 1 N–H and O–H groups in total. The van der Waals surface area contributed by atoms with Crippen LogP contribution in [0.2, 0.25) is 0 Å². The van der Waals surface area contributed by atoms with E-state index in [0.717, 1.165) is 21.7 Å². The van der Waals surface area contributed by atoms with Crippen molar-refractivity contribution in [1.82, 2.24) is 25.0 Å². The maximum atomic E-state index is 12.1. The molecule has 0 atom stereocenters. The van der Waals surface area contributed by atoms with Crippen molar-refractivity contribution in [3.63, 3.8) is 0 Å². The average molecular weight is 349 g/mol. The highest BCUT2D eigenvalue weighted by Crippen LogP contribution is 2.19. The molecule has 3 heterocycles. The van der Waals surface area contributed by atoms with Gasteiger partial charge in [-0.05, 0) is 48.6 Å². The lowest BCUT2D eigenvalue weighted by atomic mass is 10.2. The predicted octanol–water partition coefficient (Wildman–Crippen LogP) is 3.43. The molecular formula is C18H15N5OS. The summed E-state index contributed by atoms with van der Waals surface area (Å²) in [4.78, 5) is 20.2. The molecule has 0 radical (unpaired) electrons. The van der Waals surface area contributed by atoms with E-state index in [4.69, 9.17) is 0 Å². The highest BCUT2D eigenvalue weighted by atomic mass is 32.1. The van der Waals surface area contributed by atoms with E-state index in [1.165, 1.54) is 11.3 Å². The third-order valence-corrected chi connectivity index (χ3v) is 4.75. The Balaban J connectivity index is 1.70. The van der Waals surface area contributed by atoms with Gasteiger partial charge in [-0.1, -0.05) is 23.4 Å².